The third-order valence-electron chi connectivity index (χ3n) is 16.5. The van der Waals surface area contributed by atoms with Gasteiger partial charge >= 0.3 is 24.2 Å². The van der Waals surface area contributed by atoms with Gasteiger partial charge in [0, 0.05) is 102 Å². The number of amides is 7. The number of carboxylic acids is 1. The fourth-order valence-corrected chi connectivity index (χ4v) is 11.7. The van der Waals surface area contributed by atoms with Crippen molar-refractivity contribution in [3.8, 4) is 0 Å². The molecule has 0 bridgehead atoms. The Kier molecular flexibility index (Phi) is 26.6. The van der Waals surface area contributed by atoms with Gasteiger partial charge in [-0.25, -0.2) is 14.4 Å². The number of unbranched alkanes of at least 4 members (excludes halogenated alkanes) is 2. The van der Waals surface area contributed by atoms with Crippen LogP contribution in [0.15, 0.2) is 60.2 Å². The van der Waals surface area contributed by atoms with E-state index in [0.29, 0.717) is 56.3 Å². The molecular formula is C62H92N6O16. The number of carbonyl (C=O) groups excluding carboxylic acids is 8. The van der Waals surface area contributed by atoms with E-state index in [4.69, 9.17) is 29.4 Å². The molecule has 22 heteroatoms. The Morgan fingerprint density at radius 1 is 0.905 bits per heavy atom. The van der Waals surface area contributed by atoms with Gasteiger partial charge in [0.15, 0.2) is 5.78 Å². The molecule has 1 aromatic carbocycles. The summed E-state index contributed by atoms with van der Waals surface area (Å²) in [6.07, 6.45) is 8.06. The van der Waals surface area contributed by atoms with E-state index in [0.717, 1.165) is 16.9 Å². The molecular weight excluding hydrogens is 1080 g/mol. The number of aliphatic hydroxyl groups is 1. The summed E-state index contributed by atoms with van der Waals surface area (Å²) in [7, 11) is 1.59. The van der Waals surface area contributed by atoms with Gasteiger partial charge in [-0.2, -0.15) is 0 Å². The van der Waals surface area contributed by atoms with Gasteiger partial charge in [0.25, 0.3) is 11.8 Å². The van der Waals surface area contributed by atoms with Crippen LogP contribution in [0, 0.1) is 29.6 Å². The van der Waals surface area contributed by atoms with Crippen LogP contribution in [0.1, 0.15) is 137 Å². The second-order valence-electron chi connectivity index (χ2n) is 23.8. The molecule has 4 heterocycles. The number of imide groups is 1. The number of primary amides is 1. The van der Waals surface area contributed by atoms with Crippen molar-refractivity contribution in [2.24, 2.45) is 35.3 Å². The number of nitrogens with two attached hydrogens (primary N) is 1. The Bertz CT molecular complexity index is 2520. The number of hydrogen-bond acceptors (Lipinski definition) is 15. The number of aliphatic carboxylic acids is 1. The zero-order valence-corrected chi connectivity index (χ0v) is 50.6. The maximum absolute atomic E-state index is 13.8. The number of epoxide rings is 1. The van der Waals surface area contributed by atoms with Crippen molar-refractivity contribution in [1.29, 1.82) is 0 Å². The van der Waals surface area contributed by atoms with Gasteiger partial charge in [0.1, 0.15) is 18.5 Å². The molecule has 4 aliphatic heterocycles. The number of allylic oxidation sites excluding steroid dienone is 3. The summed E-state index contributed by atoms with van der Waals surface area (Å²) in [5, 5.41) is 25.3. The number of Topliss-reactive ketones (excluding diaryl/α,β-unsaturated/α-hetero) is 2. The fraction of sp³-hybridized carbons (Fsp3) is 0.661. The largest absolute Gasteiger partial charge is 0.481 e. The number of carboxylic acid groups (broad SMARTS) is 1. The van der Waals surface area contributed by atoms with Gasteiger partial charge in [-0.1, -0.05) is 83.5 Å². The first kappa shape index (κ1) is 68.3. The predicted octanol–water partition coefficient (Wildman–Crippen LogP) is 6.58. The van der Waals surface area contributed by atoms with Gasteiger partial charge in [0.2, 0.25) is 5.91 Å². The van der Waals surface area contributed by atoms with E-state index in [1.807, 2.05) is 46.8 Å². The molecule has 6 N–H and O–H groups in total. The lowest BCUT2D eigenvalue weighted by Gasteiger charge is -2.40. The highest BCUT2D eigenvalue weighted by Crippen LogP contribution is 2.47. The summed E-state index contributed by atoms with van der Waals surface area (Å²) in [6, 6.07) is 5.31. The second-order valence-corrected chi connectivity index (χ2v) is 23.8. The molecule has 0 spiro atoms. The topological polar surface area (TPSA) is 303 Å². The molecule has 0 aromatic heterocycles. The highest BCUT2D eigenvalue weighted by atomic mass is 16.6. The highest BCUT2D eigenvalue weighted by molar-refractivity contribution is 6.12. The molecule has 1 aromatic rings. The summed E-state index contributed by atoms with van der Waals surface area (Å²) in [5.41, 5.74) is 7.05. The molecule has 22 nitrogen and oxygen atoms in total. The number of hydrogen-bond donors (Lipinski definition) is 5. The van der Waals surface area contributed by atoms with Gasteiger partial charge in [-0.3, -0.25) is 33.7 Å². The van der Waals surface area contributed by atoms with Crippen LogP contribution in [0.3, 0.4) is 0 Å². The van der Waals surface area contributed by atoms with E-state index in [1.54, 1.807) is 43.2 Å². The van der Waals surface area contributed by atoms with Crippen LogP contribution in [0.4, 0.5) is 14.4 Å². The molecule has 0 unspecified atom stereocenters. The Hall–Kier alpha value is -6.49. The van der Waals surface area contributed by atoms with E-state index >= 15 is 0 Å². The minimum absolute atomic E-state index is 0.00832. The number of carbonyl (C=O) groups is 9. The molecule has 12 atom stereocenters. The minimum Gasteiger partial charge on any atom is -0.481 e. The van der Waals surface area contributed by atoms with Crippen LogP contribution >= 0.6 is 0 Å². The monoisotopic (exact) mass is 1180 g/mol. The zero-order valence-electron chi connectivity index (χ0n) is 50.6. The Morgan fingerprint density at radius 3 is 2.18 bits per heavy atom. The standard InChI is InChI=1S/C62H92N6O16/c1-38(2)48(33-46(70)18-11-10-12-29-68-52(72)24-25-53(68)73)58(76)65-49(19-14-26-64-59(63)77)50(71)32-44-20-22-45(23-21-44)37-81-60(78)66-27-15-28-67(31-30-66)61(79)83-51-34-47(35-54(74)75)82-55(41(51)5)40(4)17-13-16-39(3)36-62(8)57(84-62)42(6)56(80-9)43(7)69/h13,16-17,20-25,38-39,41-43,47-49,51,55-57,69H,10-12,14-15,18-19,26-37H2,1-9H3,(H,65,76)(H,74,75)(H3,63,64,77)/b16-13+,40-17+/t39-,41+,42-,43-,47-,48-,49-,51-,55-,56-,57-,62-/m1/s1. The van der Waals surface area contributed by atoms with Crippen LogP contribution in [0.5, 0.6) is 0 Å². The molecule has 0 aliphatic carbocycles. The number of methoxy groups -OCH3 is 1. The van der Waals surface area contributed by atoms with E-state index in [2.05, 4.69) is 30.6 Å². The molecule has 4 aliphatic rings. The third-order valence-corrected chi connectivity index (χ3v) is 16.5. The summed E-state index contributed by atoms with van der Waals surface area (Å²) in [4.78, 5) is 119. The smallest absolute Gasteiger partial charge is 0.410 e. The Balaban J connectivity index is 1.09. The van der Waals surface area contributed by atoms with Crippen LogP contribution in [-0.4, -0.2) is 173 Å². The Labute approximate surface area is 494 Å². The summed E-state index contributed by atoms with van der Waals surface area (Å²) in [6.45, 7) is 16.9. The zero-order chi connectivity index (χ0) is 61.8. The van der Waals surface area contributed by atoms with Crippen molar-refractivity contribution < 1.29 is 77.0 Å². The van der Waals surface area contributed by atoms with E-state index in [-0.39, 0.29) is 136 Å². The van der Waals surface area contributed by atoms with Gasteiger partial charge in [-0.15, -0.1) is 0 Å². The van der Waals surface area contributed by atoms with Gasteiger partial charge in [0.05, 0.1) is 48.6 Å². The van der Waals surface area contributed by atoms with Crippen molar-refractivity contribution in [3.63, 3.8) is 0 Å². The molecule has 3 fully saturated rings. The first-order valence-electron chi connectivity index (χ1n) is 29.8. The number of ketones is 2. The molecule has 466 valence electrons. The lowest BCUT2D eigenvalue weighted by atomic mass is 9.85. The SMILES string of the molecule is CO[C@H]([C@@H](C)[C@H]1O[C@]1(C)C[C@H](C)/C=C/C=C(\C)[C@H]1O[C@@H](CC(=O)O)C[C@@H](OC(=O)N2CCCN(C(=O)OCc3ccc(CC(=O)[C@@H](CCCNC(N)=O)NC(=O)[C@H](CC(=O)CCCCCN4C(=O)C=CC4=O)C(C)C)cc3)CC2)[C@@H]1C)[C@@H](C)O. The predicted molar refractivity (Wildman–Crippen MR) is 311 cm³/mol. The maximum Gasteiger partial charge on any atom is 0.410 e. The van der Waals surface area contributed by atoms with Crippen molar-refractivity contribution in [2.75, 3.05) is 46.4 Å². The molecule has 7 amide bonds. The van der Waals surface area contributed by atoms with E-state index < -0.39 is 66.5 Å². The normalized spacial score (nSPS) is 24.0. The quantitative estimate of drug-likeness (QED) is 0.0220. The number of benzene rings is 1. The summed E-state index contributed by atoms with van der Waals surface area (Å²) >= 11 is 0. The third kappa shape index (κ3) is 20.9. The van der Waals surface area contributed by atoms with Crippen molar-refractivity contribution in [1.82, 2.24) is 25.3 Å². The molecule has 0 saturated carbocycles. The minimum atomic E-state index is -1.03. The van der Waals surface area contributed by atoms with Crippen molar-refractivity contribution >= 4 is 53.5 Å². The van der Waals surface area contributed by atoms with Crippen molar-refractivity contribution in [2.45, 2.75) is 187 Å². The number of rotatable bonds is 32. The van der Waals surface area contributed by atoms with Crippen LogP contribution < -0.4 is 16.4 Å². The van der Waals surface area contributed by atoms with Crippen molar-refractivity contribution in [3.05, 3.63) is 71.3 Å². The molecule has 84 heavy (non-hydrogen) atoms. The lowest BCUT2D eigenvalue weighted by Crippen LogP contribution is -2.48. The Morgan fingerprint density at radius 2 is 1.56 bits per heavy atom. The average Bonchev–Trinajstić information content (AvgIpc) is 2.02. The van der Waals surface area contributed by atoms with Crippen LogP contribution in [0.25, 0.3) is 0 Å². The van der Waals surface area contributed by atoms with E-state index in [1.165, 1.54) is 17.1 Å². The maximum atomic E-state index is 13.8. The number of aliphatic hydroxyl groups excluding tert-OH is 1. The second kappa shape index (κ2) is 32.7. The number of ether oxygens (including phenoxy) is 5. The summed E-state index contributed by atoms with van der Waals surface area (Å²) < 4.78 is 29.8. The number of nitrogens with zero attached hydrogens (tertiary/aromatic N) is 3. The molecule has 0 radical (unpaired) electrons. The van der Waals surface area contributed by atoms with Gasteiger partial charge < -0.3 is 60.1 Å². The number of urea groups is 1. The fourth-order valence-electron chi connectivity index (χ4n) is 11.7. The summed E-state index contributed by atoms with van der Waals surface area (Å²) in [5.74, 6) is -3.61. The number of nitrogens with one attached hydrogen (secondary N) is 2. The van der Waals surface area contributed by atoms with Gasteiger partial charge in [-0.05, 0) is 87.8 Å². The first-order chi connectivity index (χ1) is 39.8. The molecule has 3 saturated heterocycles. The van der Waals surface area contributed by atoms with Crippen LogP contribution in [-0.2, 0) is 65.5 Å². The van der Waals surface area contributed by atoms with E-state index in [9.17, 15) is 53.4 Å². The first-order valence-corrected chi connectivity index (χ1v) is 29.8. The average molecular weight is 1180 g/mol. The highest BCUT2D eigenvalue weighted by Gasteiger charge is 2.57. The lowest BCUT2D eigenvalue weighted by molar-refractivity contribution is -0.151. The van der Waals surface area contributed by atoms with Crippen LogP contribution in [0.2, 0.25) is 0 Å². The molecule has 5 rings (SSSR count).